The molecule has 0 saturated carbocycles. The molecular formula is C14H8BrCl2FN2O2. The van der Waals surface area contributed by atoms with Crippen molar-refractivity contribution in [1.82, 2.24) is 0 Å². The zero-order valence-electron chi connectivity index (χ0n) is 10.8. The number of hydrogen-bond acceptors (Lipinski definition) is 2. The standard InChI is InChI=1S/C14H8BrCl2FN2O2/c15-8-5-4-7(6-11(8)18)20(14(19)22)13(21)12-9(16)2-1-3-10(12)17/h1-6H,(H2,19,22). The molecule has 2 aromatic carbocycles. The van der Waals surface area contributed by atoms with Gasteiger partial charge in [0, 0.05) is 0 Å². The fourth-order valence-corrected chi connectivity index (χ4v) is 2.59. The largest absolute Gasteiger partial charge is 0.351 e. The van der Waals surface area contributed by atoms with E-state index in [2.05, 4.69) is 15.9 Å². The summed E-state index contributed by atoms with van der Waals surface area (Å²) >= 11 is 14.9. The number of carbonyl (C=O) groups is 2. The van der Waals surface area contributed by atoms with Gasteiger partial charge in [-0.2, -0.15) is 0 Å². The van der Waals surface area contributed by atoms with Gasteiger partial charge in [-0.1, -0.05) is 29.3 Å². The summed E-state index contributed by atoms with van der Waals surface area (Å²) in [6.07, 6.45) is 0. The van der Waals surface area contributed by atoms with E-state index in [1.54, 1.807) is 6.07 Å². The van der Waals surface area contributed by atoms with Gasteiger partial charge in [-0.3, -0.25) is 4.79 Å². The van der Waals surface area contributed by atoms with Gasteiger partial charge in [0.25, 0.3) is 5.91 Å². The summed E-state index contributed by atoms with van der Waals surface area (Å²) in [6, 6.07) is 7.07. The molecule has 0 aliphatic heterocycles. The van der Waals surface area contributed by atoms with Crippen LogP contribution in [0.4, 0.5) is 14.9 Å². The van der Waals surface area contributed by atoms with Crippen LogP contribution in [-0.4, -0.2) is 11.9 Å². The lowest BCUT2D eigenvalue weighted by atomic mass is 10.1. The van der Waals surface area contributed by atoms with E-state index in [0.717, 1.165) is 6.07 Å². The van der Waals surface area contributed by atoms with Crippen LogP contribution >= 0.6 is 39.1 Å². The van der Waals surface area contributed by atoms with Gasteiger partial charge in [-0.15, -0.1) is 0 Å². The lowest BCUT2D eigenvalue weighted by molar-refractivity contribution is 0.0995. The normalized spacial score (nSPS) is 10.4. The Hall–Kier alpha value is -1.63. The molecule has 2 aromatic rings. The van der Waals surface area contributed by atoms with Crippen LogP contribution in [0.5, 0.6) is 0 Å². The quantitative estimate of drug-likeness (QED) is 0.792. The summed E-state index contributed by atoms with van der Waals surface area (Å²) in [4.78, 5) is 24.8. The molecule has 22 heavy (non-hydrogen) atoms. The van der Waals surface area contributed by atoms with Crippen molar-refractivity contribution in [2.24, 2.45) is 5.73 Å². The number of rotatable bonds is 2. The first-order valence-electron chi connectivity index (χ1n) is 5.86. The van der Waals surface area contributed by atoms with Crippen LogP contribution in [0.2, 0.25) is 10.0 Å². The zero-order valence-corrected chi connectivity index (χ0v) is 13.9. The highest BCUT2D eigenvalue weighted by Gasteiger charge is 2.27. The first kappa shape index (κ1) is 16.7. The average molecular weight is 406 g/mol. The molecule has 0 radical (unpaired) electrons. The van der Waals surface area contributed by atoms with E-state index < -0.39 is 17.8 Å². The maximum Gasteiger partial charge on any atom is 0.326 e. The van der Waals surface area contributed by atoms with Crippen molar-refractivity contribution in [3.05, 3.63) is 62.3 Å². The number of carbonyl (C=O) groups excluding carboxylic acids is 2. The van der Waals surface area contributed by atoms with Gasteiger partial charge >= 0.3 is 6.03 Å². The van der Waals surface area contributed by atoms with Crippen LogP contribution in [0.25, 0.3) is 0 Å². The van der Waals surface area contributed by atoms with E-state index in [0.29, 0.717) is 4.90 Å². The van der Waals surface area contributed by atoms with Crippen molar-refractivity contribution < 1.29 is 14.0 Å². The molecule has 8 heteroatoms. The Bertz CT molecular complexity index is 750. The lowest BCUT2D eigenvalue weighted by Gasteiger charge is -2.20. The average Bonchev–Trinajstić information content (AvgIpc) is 2.42. The molecule has 2 rings (SSSR count). The lowest BCUT2D eigenvalue weighted by Crippen LogP contribution is -2.41. The topological polar surface area (TPSA) is 63.4 Å². The number of amides is 3. The van der Waals surface area contributed by atoms with Crippen LogP contribution in [0, 0.1) is 5.82 Å². The minimum atomic E-state index is -1.08. The third-order valence-electron chi connectivity index (χ3n) is 2.76. The number of imide groups is 1. The van der Waals surface area contributed by atoms with Crippen molar-refractivity contribution in [1.29, 1.82) is 0 Å². The van der Waals surface area contributed by atoms with Gasteiger partial charge in [-0.25, -0.2) is 14.1 Å². The predicted octanol–water partition coefficient (Wildman–Crippen LogP) is 4.62. The number of anilines is 1. The Morgan fingerprint density at radius 2 is 1.73 bits per heavy atom. The second-order valence-electron chi connectivity index (χ2n) is 4.17. The molecule has 0 aliphatic carbocycles. The number of nitrogens with two attached hydrogens (primary N) is 1. The van der Waals surface area contributed by atoms with Gasteiger partial charge in [0.1, 0.15) is 5.82 Å². The van der Waals surface area contributed by atoms with Crippen molar-refractivity contribution in [2.75, 3.05) is 4.90 Å². The first-order valence-corrected chi connectivity index (χ1v) is 7.40. The van der Waals surface area contributed by atoms with Crippen LogP contribution in [-0.2, 0) is 0 Å². The van der Waals surface area contributed by atoms with E-state index in [-0.39, 0.29) is 25.8 Å². The number of nitrogens with zero attached hydrogens (tertiary/aromatic N) is 1. The molecule has 0 atom stereocenters. The Labute approximate surface area is 143 Å². The summed E-state index contributed by atoms with van der Waals surface area (Å²) in [5.74, 6) is -1.49. The first-order chi connectivity index (χ1) is 10.3. The number of halogens is 4. The molecule has 0 unspecified atom stereocenters. The van der Waals surface area contributed by atoms with E-state index in [4.69, 9.17) is 28.9 Å². The summed E-state index contributed by atoms with van der Waals surface area (Å²) in [5, 5.41) is 0.114. The monoisotopic (exact) mass is 404 g/mol. The van der Waals surface area contributed by atoms with Crippen molar-refractivity contribution >= 4 is 56.8 Å². The highest BCUT2D eigenvalue weighted by Crippen LogP contribution is 2.29. The molecule has 2 N–H and O–H groups in total. The summed E-state index contributed by atoms with van der Waals surface area (Å²) in [7, 11) is 0. The summed E-state index contributed by atoms with van der Waals surface area (Å²) < 4.78 is 13.8. The zero-order chi connectivity index (χ0) is 16.4. The summed E-state index contributed by atoms with van der Waals surface area (Å²) in [6.45, 7) is 0. The fraction of sp³-hybridized carbons (Fsp3) is 0. The number of primary amides is 1. The van der Waals surface area contributed by atoms with Crippen LogP contribution < -0.4 is 10.6 Å². The maximum absolute atomic E-state index is 13.6. The Morgan fingerprint density at radius 3 is 2.23 bits per heavy atom. The molecule has 3 amide bonds. The van der Waals surface area contributed by atoms with Gasteiger partial charge in [-0.05, 0) is 46.3 Å². The second-order valence-corrected chi connectivity index (χ2v) is 5.84. The highest BCUT2D eigenvalue weighted by atomic mass is 79.9. The molecule has 0 aromatic heterocycles. The van der Waals surface area contributed by atoms with E-state index in [1.807, 2.05) is 0 Å². The number of benzene rings is 2. The Balaban J connectivity index is 2.55. The minimum absolute atomic E-state index is 0.0332. The smallest absolute Gasteiger partial charge is 0.326 e. The molecular weight excluding hydrogens is 398 g/mol. The summed E-state index contributed by atoms with van der Waals surface area (Å²) in [5.41, 5.74) is 5.12. The Kier molecular flexibility index (Phi) is 5.05. The highest BCUT2D eigenvalue weighted by molar-refractivity contribution is 9.10. The molecule has 114 valence electrons. The second kappa shape index (κ2) is 6.64. The predicted molar refractivity (Wildman–Crippen MR) is 87.0 cm³/mol. The maximum atomic E-state index is 13.6. The SMILES string of the molecule is NC(=O)N(C(=O)c1c(Cl)cccc1Cl)c1ccc(Br)c(F)c1. The minimum Gasteiger partial charge on any atom is -0.351 e. The van der Waals surface area contributed by atoms with Crippen LogP contribution in [0.1, 0.15) is 10.4 Å². The van der Waals surface area contributed by atoms with Gasteiger partial charge < -0.3 is 5.73 Å². The van der Waals surface area contributed by atoms with Gasteiger partial charge in [0.05, 0.1) is 25.8 Å². The molecule has 0 spiro atoms. The van der Waals surface area contributed by atoms with Crippen LogP contribution in [0.3, 0.4) is 0 Å². The third kappa shape index (κ3) is 3.24. The van der Waals surface area contributed by atoms with E-state index in [9.17, 15) is 14.0 Å². The van der Waals surface area contributed by atoms with Crippen molar-refractivity contribution in [3.8, 4) is 0 Å². The molecule has 0 saturated heterocycles. The molecule has 0 heterocycles. The third-order valence-corrected chi connectivity index (χ3v) is 4.03. The Morgan fingerprint density at radius 1 is 1.14 bits per heavy atom. The molecule has 0 fully saturated rings. The fourth-order valence-electron chi connectivity index (χ4n) is 1.78. The van der Waals surface area contributed by atoms with E-state index >= 15 is 0 Å². The molecule has 0 aliphatic rings. The molecule has 0 bridgehead atoms. The van der Waals surface area contributed by atoms with E-state index in [1.165, 1.54) is 24.3 Å². The number of hydrogen-bond donors (Lipinski definition) is 1. The van der Waals surface area contributed by atoms with Crippen molar-refractivity contribution in [3.63, 3.8) is 0 Å². The molecule has 4 nitrogen and oxygen atoms in total. The van der Waals surface area contributed by atoms with Crippen LogP contribution in [0.15, 0.2) is 40.9 Å². The van der Waals surface area contributed by atoms with Crippen molar-refractivity contribution in [2.45, 2.75) is 0 Å². The number of urea groups is 1. The van der Waals surface area contributed by atoms with Gasteiger partial charge in [0.2, 0.25) is 0 Å². The van der Waals surface area contributed by atoms with Gasteiger partial charge in [0.15, 0.2) is 0 Å².